The largest absolute Gasteiger partial charge is 0.493 e. The average molecular weight is 442 g/mol. The molecule has 1 amide bonds. The number of thioether (sulfide) groups is 1. The molecule has 2 aromatic carbocycles. The van der Waals surface area contributed by atoms with Crippen LogP contribution in [0.5, 0.6) is 17.2 Å². The second kappa shape index (κ2) is 10.3. The fraction of sp³-hybridized carbons (Fsp3) is 0.217. The van der Waals surface area contributed by atoms with Crippen molar-refractivity contribution in [3.05, 3.63) is 70.6 Å². The number of allylic oxidation sites excluding steroid dienone is 1. The van der Waals surface area contributed by atoms with Crippen LogP contribution >= 0.6 is 24.0 Å². The molecule has 0 radical (unpaired) electrons. The van der Waals surface area contributed by atoms with Gasteiger partial charge >= 0.3 is 0 Å². The van der Waals surface area contributed by atoms with E-state index >= 15 is 0 Å². The van der Waals surface area contributed by atoms with Crippen molar-refractivity contribution in [2.75, 3.05) is 20.3 Å². The van der Waals surface area contributed by atoms with E-state index in [2.05, 4.69) is 11.9 Å². The van der Waals surface area contributed by atoms with Crippen LogP contribution in [-0.4, -0.2) is 30.6 Å². The number of ether oxygens (including phenoxy) is 3. The Labute approximate surface area is 186 Å². The van der Waals surface area contributed by atoms with Crippen LogP contribution in [0.1, 0.15) is 16.7 Å². The molecular formula is C23H23NO4S2. The molecule has 2 aromatic rings. The molecule has 7 heteroatoms. The maximum Gasteiger partial charge on any atom is 0.263 e. The van der Waals surface area contributed by atoms with Gasteiger partial charge in [0.25, 0.3) is 5.91 Å². The Morgan fingerprint density at radius 3 is 2.53 bits per heavy atom. The lowest BCUT2D eigenvalue weighted by Gasteiger charge is -2.16. The highest BCUT2D eigenvalue weighted by molar-refractivity contribution is 8.26. The molecule has 0 aromatic heterocycles. The van der Waals surface area contributed by atoms with E-state index < -0.39 is 0 Å². The van der Waals surface area contributed by atoms with Crippen LogP contribution < -0.4 is 19.5 Å². The van der Waals surface area contributed by atoms with Crippen molar-refractivity contribution in [3.8, 4) is 17.2 Å². The topological polar surface area (TPSA) is 56.8 Å². The van der Waals surface area contributed by atoms with Crippen LogP contribution in [0.4, 0.5) is 0 Å². The standard InChI is InChI=1S/C23H23NO4S2/c1-4-5-17-12-16(14-20-22(25)24-23(29)30-20)13-19(26-3)21(17)28-11-10-27-18-8-6-15(2)7-9-18/h4,6-9,12-14H,1,5,10-11H2,2-3H3,(H,24,25,29)/b20-14+. The summed E-state index contributed by atoms with van der Waals surface area (Å²) in [6.07, 6.45) is 4.19. The van der Waals surface area contributed by atoms with Crippen molar-refractivity contribution in [2.45, 2.75) is 13.3 Å². The van der Waals surface area contributed by atoms with Gasteiger partial charge in [0.15, 0.2) is 11.5 Å². The van der Waals surface area contributed by atoms with Crippen molar-refractivity contribution in [1.82, 2.24) is 5.32 Å². The lowest BCUT2D eigenvalue weighted by atomic mass is 10.0. The Morgan fingerprint density at radius 1 is 1.17 bits per heavy atom. The summed E-state index contributed by atoms with van der Waals surface area (Å²) in [7, 11) is 1.59. The minimum atomic E-state index is -0.192. The van der Waals surface area contributed by atoms with E-state index in [4.69, 9.17) is 26.4 Å². The first-order valence-corrected chi connectivity index (χ1v) is 10.6. The third-order valence-corrected chi connectivity index (χ3v) is 5.46. The Bertz CT molecular complexity index is 983. The number of aryl methyl sites for hydroxylation is 1. The number of rotatable bonds is 9. The zero-order chi connectivity index (χ0) is 21.5. The molecule has 0 atom stereocenters. The molecule has 30 heavy (non-hydrogen) atoms. The quantitative estimate of drug-likeness (QED) is 0.264. The van der Waals surface area contributed by atoms with Crippen LogP contribution in [0, 0.1) is 6.92 Å². The zero-order valence-electron chi connectivity index (χ0n) is 16.9. The number of amides is 1. The fourth-order valence-electron chi connectivity index (χ4n) is 2.90. The molecule has 1 fully saturated rings. The SMILES string of the molecule is C=CCc1cc(/C=C2/SC(=S)NC2=O)cc(OC)c1OCCOc1ccc(C)cc1. The summed E-state index contributed by atoms with van der Waals surface area (Å²) in [6.45, 7) is 6.63. The van der Waals surface area contributed by atoms with Crippen molar-refractivity contribution < 1.29 is 19.0 Å². The first kappa shape index (κ1) is 21.9. The number of carbonyl (C=O) groups is 1. The van der Waals surface area contributed by atoms with Crippen LogP contribution in [0.2, 0.25) is 0 Å². The van der Waals surface area contributed by atoms with Crippen molar-refractivity contribution >= 4 is 40.3 Å². The number of nitrogens with one attached hydrogen (secondary N) is 1. The van der Waals surface area contributed by atoms with Gasteiger partial charge in [0, 0.05) is 5.56 Å². The number of methoxy groups -OCH3 is 1. The number of carbonyl (C=O) groups excluding carboxylic acids is 1. The average Bonchev–Trinajstić information content (AvgIpc) is 3.04. The highest BCUT2D eigenvalue weighted by atomic mass is 32.2. The predicted molar refractivity (Wildman–Crippen MR) is 125 cm³/mol. The summed E-state index contributed by atoms with van der Waals surface area (Å²) in [5, 5.41) is 2.62. The normalized spacial score (nSPS) is 14.5. The van der Waals surface area contributed by atoms with Crippen LogP contribution in [0.3, 0.4) is 0 Å². The Kier molecular flexibility index (Phi) is 7.54. The van der Waals surface area contributed by atoms with Gasteiger partial charge in [-0.3, -0.25) is 4.79 Å². The molecule has 156 valence electrons. The summed E-state index contributed by atoms with van der Waals surface area (Å²) in [6, 6.07) is 11.7. The first-order chi connectivity index (χ1) is 14.5. The molecule has 1 N–H and O–H groups in total. The lowest BCUT2D eigenvalue weighted by Crippen LogP contribution is -2.17. The minimum Gasteiger partial charge on any atom is -0.493 e. The molecule has 0 saturated carbocycles. The van der Waals surface area contributed by atoms with E-state index in [-0.39, 0.29) is 5.91 Å². The van der Waals surface area contributed by atoms with Gasteiger partial charge in [0.05, 0.1) is 12.0 Å². The van der Waals surface area contributed by atoms with Gasteiger partial charge in [-0.2, -0.15) is 0 Å². The van der Waals surface area contributed by atoms with Gasteiger partial charge in [-0.25, -0.2) is 0 Å². The Balaban J connectivity index is 1.75. The molecule has 3 rings (SSSR count). The van der Waals surface area contributed by atoms with Crippen molar-refractivity contribution in [2.24, 2.45) is 0 Å². The summed E-state index contributed by atoms with van der Waals surface area (Å²) in [5.41, 5.74) is 2.93. The Hall–Kier alpha value is -2.77. The number of thiocarbonyl (C=S) groups is 1. The molecule has 0 spiro atoms. The van der Waals surface area contributed by atoms with Gasteiger partial charge in [-0.15, -0.1) is 6.58 Å². The number of hydrogen-bond donors (Lipinski definition) is 1. The van der Waals surface area contributed by atoms with Gasteiger partial charge in [-0.1, -0.05) is 47.8 Å². The van der Waals surface area contributed by atoms with Gasteiger partial charge in [0.2, 0.25) is 0 Å². The van der Waals surface area contributed by atoms with Crippen LogP contribution in [0.25, 0.3) is 6.08 Å². The highest BCUT2D eigenvalue weighted by Gasteiger charge is 2.22. The molecule has 0 unspecified atom stereocenters. The molecule has 1 heterocycles. The second-order valence-electron chi connectivity index (χ2n) is 6.57. The van der Waals surface area contributed by atoms with Crippen molar-refractivity contribution in [3.63, 3.8) is 0 Å². The molecule has 1 aliphatic heterocycles. The smallest absolute Gasteiger partial charge is 0.263 e. The summed E-state index contributed by atoms with van der Waals surface area (Å²) in [5.74, 6) is 1.84. The third kappa shape index (κ3) is 5.64. The number of hydrogen-bond acceptors (Lipinski definition) is 6. The minimum absolute atomic E-state index is 0.192. The highest BCUT2D eigenvalue weighted by Crippen LogP contribution is 2.35. The molecule has 0 aliphatic carbocycles. The first-order valence-electron chi connectivity index (χ1n) is 9.39. The number of benzene rings is 2. The molecule has 1 saturated heterocycles. The van der Waals surface area contributed by atoms with E-state index in [1.807, 2.05) is 43.3 Å². The van der Waals surface area contributed by atoms with E-state index in [0.29, 0.717) is 40.4 Å². The zero-order valence-corrected chi connectivity index (χ0v) is 18.5. The third-order valence-electron chi connectivity index (χ3n) is 4.30. The van der Waals surface area contributed by atoms with Gasteiger partial charge in [-0.05, 0) is 49.2 Å². The van der Waals surface area contributed by atoms with Crippen LogP contribution in [0.15, 0.2) is 54.0 Å². The maximum atomic E-state index is 12.0. The fourth-order valence-corrected chi connectivity index (χ4v) is 3.94. The van der Waals surface area contributed by atoms with E-state index in [1.165, 1.54) is 17.3 Å². The summed E-state index contributed by atoms with van der Waals surface area (Å²) in [4.78, 5) is 12.5. The van der Waals surface area contributed by atoms with E-state index in [1.54, 1.807) is 19.3 Å². The lowest BCUT2D eigenvalue weighted by molar-refractivity contribution is -0.115. The maximum absolute atomic E-state index is 12.0. The molecule has 0 bridgehead atoms. The Morgan fingerprint density at radius 2 is 1.90 bits per heavy atom. The monoisotopic (exact) mass is 441 g/mol. The predicted octanol–water partition coefficient (Wildman–Crippen LogP) is 4.68. The van der Waals surface area contributed by atoms with Gasteiger partial charge in [0.1, 0.15) is 23.3 Å². The molecular weight excluding hydrogens is 418 g/mol. The molecule has 1 aliphatic rings. The van der Waals surface area contributed by atoms with Crippen LogP contribution in [-0.2, 0) is 11.2 Å². The summed E-state index contributed by atoms with van der Waals surface area (Å²) < 4.78 is 17.7. The van der Waals surface area contributed by atoms with Gasteiger partial charge < -0.3 is 19.5 Å². The van der Waals surface area contributed by atoms with E-state index in [0.717, 1.165) is 16.9 Å². The summed E-state index contributed by atoms with van der Waals surface area (Å²) >= 11 is 6.29. The second-order valence-corrected chi connectivity index (χ2v) is 8.29. The van der Waals surface area contributed by atoms with E-state index in [9.17, 15) is 4.79 Å². The molecule has 5 nitrogen and oxygen atoms in total. The van der Waals surface area contributed by atoms with Crippen molar-refractivity contribution in [1.29, 1.82) is 0 Å².